The number of hydrogen-bond donors (Lipinski definition) is 1. The van der Waals surface area contributed by atoms with Crippen molar-refractivity contribution in [1.82, 2.24) is 0 Å². The predicted molar refractivity (Wildman–Crippen MR) is 146 cm³/mol. The molecule has 10 heteroatoms. The molecule has 3 aromatic rings. The van der Waals surface area contributed by atoms with Crippen molar-refractivity contribution in [3.05, 3.63) is 82.9 Å². The molecule has 0 saturated carbocycles. The molecule has 0 radical (unpaired) electrons. The van der Waals surface area contributed by atoms with E-state index in [0.29, 0.717) is 49.4 Å². The molecule has 1 unspecified atom stereocenters. The minimum Gasteiger partial charge on any atom is -0.493 e. The Bertz CT molecular complexity index is 1430. The number of ether oxygens (including phenoxy) is 4. The van der Waals surface area contributed by atoms with Gasteiger partial charge < -0.3 is 24.1 Å². The Morgan fingerprint density at radius 2 is 1.79 bits per heavy atom. The fourth-order valence-electron chi connectivity index (χ4n) is 4.71. The van der Waals surface area contributed by atoms with E-state index in [4.69, 9.17) is 35.7 Å². The fourth-order valence-corrected chi connectivity index (χ4v) is 6.83. The topological polar surface area (TPSA) is 108 Å². The average Bonchev–Trinajstić information content (AvgIpc) is 3.25. The van der Waals surface area contributed by atoms with Crippen LogP contribution in [0.1, 0.15) is 17.5 Å². The number of benzene rings is 3. The molecular formula is C29H29ClO8S. The molecule has 2 heterocycles. The Morgan fingerprint density at radius 3 is 2.44 bits per heavy atom. The summed E-state index contributed by atoms with van der Waals surface area (Å²) >= 11 is 6.58. The molecule has 1 N–H and O–H groups in total. The number of carbonyl (C=O) groups is 1. The van der Waals surface area contributed by atoms with Crippen molar-refractivity contribution in [3.63, 3.8) is 0 Å². The average molecular weight is 573 g/mol. The van der Waals surface area contributed by atoms with Gasteiger partial charge in [-0.3, -0.25) is 0 Å². The SMILES string of the molecule is O=C(O)COC1(c2ccc(OCc3cccc(-c4ccc(OCC5CCS(=O)(=O)C5)cc4Cl)c3)cc2)COC1. The quantitative estimate of drug-likeness (QED) is 0.351. The first-order valence-electron chi connectivity index (χ1n) is 12.6. The number of sulfone groups is 1. The summed E-state index contributed by atoms with van der Waals surface area (Å²) in [5, 5.41) is 9.48. The van der Waals surface area contributed by atoms with Gasteiger partial charge in [0.2, 0.25) is 0 Å². The minimum absolute atomic E-state index is 0.0138. The summed E-state index contributed by atoms with van der Waals surface area (Å²) < 4.78 is 46.0. The summed E-state index contributed by atoms with van der Waals surface area (Å²) in [4.78, 5) is 10.9. The standard InChI is InChI=1S/C29H29ClO8S/c30-27-13-25(37-15-21-10-11-39(33,34)17-21)8-9-26(27)22-3-1-2-20(12-22)14-36-24-6-4-23(5-7-24)29(18-35-19-29)38-16-28(31)32/h1-9,12-13,21H,10-11,14-19H2,(H,31,32). The summed E-state index contributed by atoms with van der Waals surface area (Å²) in [6.07, 6.45) is 0.629. The van der Waals surface area contributed by atoms with E-state index in [1.54, 1.807) is 6.07 Å². The summed E-state index contributed by atoms with van der Waals surface area (Å²) in [5.41, 5.74) is 2.87. The summed E-state index contributed by atoms with van der Waals surface area (Å²) in [6.45, 7) is 0.944. The molecule has 206 valence electrons. The second kappa shape index (κ2) is 11.6. The van der Waals surface area contributed by atoms with E-state index in [1.807, 2.05) is 60.7 Å². The lowest BCUT2D eigenvalue weighted by Gasteiger charge is -2.41. The van der Waals surface area contributed by atoms with Crippen molar-refractivity contribution in [1.29, 1.82) is 0 Å². The predicted octanol–water partition coefficient (Wildman–Crippen LogP) is 4.73. The van der Waals surface area contributed by atoms with Gasteiger partial charge in [0.25, 0.3) is 0 Å². The first-order valence-corrected chi connectivity index (χ1v) is 14.8. The Kier molecular flexibility index (Phi) is 8.13. The van der Waals surface area contributed by atoms with Crippen LogP contribution < -0.4 is 9.47 Å². The Balaban J connectivity index is 1.19. The minimum atomic E-state index is -2.93. The maximum Gasteiger partial charge on any atom is 0.329 e. The molecular weight excluding hydrogens is 544 g/mol. The van der Waals surface area contributed by atoms with Crippen LogP contribution in [0.5, 0.6) is 11.5 Å². The first kappa shape index (κ1) is 27.5. The Hall–Kier alpha value is -3.11. The molecule has 3 aromatic carbocycles. The van der Waals surface area contributed by atoms with Crippen molar-refractivity contribution < 1.29 is 37.3 Å². The molecule has 5 rings (SSSR count). The van der Waals surface area contributed by atoms with Gasteiger partial charge in [0.1, 0.15) is 30.3 Å². The van der Waals surface area contributed by atoms with Crippen LogP contribution in [0.4, 0.5) is 0 Å². The maximum absolute atomic E-state index is 11.7. The van der Waals surface area contributed by atoms with Gasteiger partial charge in [-0.2, -0.15) is 0 Å². The van der Waals surface area contributed by atoms with E-state index in [1.165, 1.54) is 0 Å². The van der Waals surface area contributed by atoms with E-state index >= 15 is 0 Å². The molecule has 2 aliphatic rings. The lowest BCUT2D eigenvalue weighted by atomic mass is 9.91. The zero-order valence-corrected chi connectivity index (χ0v) is 22.7. The van der Waals surface area contributed by atoms with Crippen LogP contribution in [0.2, 0.25) is 5.02 Å². The fraction of sp³-hybridized carbons (Fsp3) is 0.345. The van der Waals surface area contributed by atoms with Gasteiger partial charge in [0, 0.05) is 11.5 Å². The molecule has 0 bridgehead atoms. The molecule has 2 fully saturated rings. The Morgan fingerprint density at radius 1 is 1.03 bits per heavy atom. The van der Waals surface area contributed by atoms with Crippen molar-refractivity contribution in [3.8, 4) is 22.6 Å². The van der Waals surface area contributed by atoms with Gasteiger partial charge in [-0.1, -0.05) is 41.9 Å². The Labute approximate surface area is 232 Å². The summed E-state index contributed by atoms with van der Waals surface area (Å²) in [7, 11) is -2.93. The molecule has 0 amide bonds. The molecule has 8 nitrogen and oxygen atoms in total. The molecule has 1 atom stereocenters. The highest BCUT2D eigenvalue weighted by Gasteiger charge is 2.42. The first-order chi connectivity index (χ1) is 18.7. The van der Waals surface area contributed by atoms with Crippen LogP contribution in [-0.4, -0.2) is 57.4 Å². The van der Waals surface area contributed by atoms with Gasteiger partial charge in [0.05, 0.1) is 36.3 Å². The third-order valence-corrected chi connectivity index (χ3v) is 9.07. The number of rotatable bonds is 11. The molecule has 0 aromatic heterocycles. The van der Waals surface area contributed by atoms with Gasteiger partial charge in [-0.15, -0.1) is 0 Å². The maximum atomic E-state index is 11.7. The van der Waals surface area contributed by atoms with Crippen molar-refractivity contribution >= 4 is 27.4 Å². The van der Waals surface area contributed by atoms with Crippen LogP contribution in [0.15, 0.2) is 66.7 Å². The lowest BCUT2D eigenvalue weighted by molar-refractivity contribution is -0.220. The van der Waals surface area contributed by atoms with E-state index in [9.17, 15) is 13.2 Å². The van der Waals surface area contributed by atoms with Gasteiger partial charge in [-0.05, 0) is 59.5 Å². The molecule has 39 heavy (non-hydrogen) atoms. The highest BCUT2D eigenvalue weighted by atomic mass is 35.5. The summed E-state index contributed by atoms with van der Waals surface area (Å²) in [6, 6.07) is 20.8. The van der Waals surface area contributed by atoms with Crippen LogP contribution in [0, 0.1) is 5.92 Å². The van der Waals surface area contributed by atoms with E-state index in [-0.39, 0.29) is 24.0 Å². The zero-order chi connectivity index (χ0) is 27.5. The van der Waals surface area contributed by atoms with Gasteiger partial charge in [0.15, 0.2) is 9.84 Å². The third kappa shape index (κ3) is 6.73. The smallest absolute Gasteiger partial charge is 0.329 e. The second-order valence-corrected chi connectivity index (χ2v) is 12.5. The molecule has 0 aliphatic carbocycles. The van der Waals surface area contributed by atoms with Crippen molar-refractivity contribution in [2.24, 2.45) is 5.92 Å². The number of hydrogen-bond acceptors (Lipinski definition) is 7. The van der Waals surface area contributed by atoms with Gasteiger partial charge >= 0.3 is 5.97 Å². The monoisotopic (exact) mass is 572 g/mol. The highest BCUT2D eigenvalue weighted by Crippen LogP contribution is 2.35. The summed E-state index contributed by atoms with van der Waals surface area (Å²) in [5.74, 6) is 0.681. The van der Waals surface area contributed by atoms with Crippen LogP contribution in [-0.2, 0) is 36.3 Å². The highest BCUT2D eigenvalue weighted by molar-refractivity contribution is 7.91. The van der Waals surface area contributed by atoms with Crippen molar-refractivity contribution in [2.75, 3.05) is 37.9 Å². The van der Waals surface area contributed by atoms with Crippen LogP contribution in [0.25, 0.3) is 11.1 Å². The largest absolute Gasteiger partial charge is 0.493 e. The van der Waals surface area contributed by atoms with Gasteiger partial charge in [-0.25, -0.2) is 13.2 Å². The van der Waals surface area contributed by atoms with Crippen LogP contribution >= 0.6 is 11.6 Å². The van der Waals surface area contributed by atoms with E-state index in [2.05, 4.69) is 0 Å². The lowest BCUT2D eigenvalue weighted by Crippen LogP contribution is -2.49. The third-order valence-electron chi connectivity index (χ3n) is 6.92. The van der Waals surface area contributed by atoms with E-state index in [0.717, 1.165) is 22.3 Å². The van der Waals surface area contributed by atoms with Crippen molar-refractivity contribution in [2.45, 2.75) is 18.6 Å². The molecule has 2 saturated heterocycles. The molecule has 2 aliphatic heterocycles. The normalized spacial score (nSPS) is 19.3. The number of carboxylic acids is 1. The second-order valence-electron chi connectivity index (χ2n) is 9.90. The number of halogens is 1. The van der Waals surface area contributed by atoms with Crippen LogP contribution in [0.3, 0.4) is 0 Å². The molecule has 0 spiro atoms. The number of aliphatic carboxylic acids is 1. The number of carboxylic acid groups (broad SMARTS) is 1. The zero-order valence-electron chi connectivity index (χ0n) is 21.2. The van der Waals surface area contributed by atoms with E-state index < -0.39 is 21.4 Å².